The Bertz CT molecular complexity index is 228. The monoisotopic (exact) mass is 240 g/mol. The molecule has 0 radical (unpaired) electrons. The molecule has 1 N–H and O–H groups in total. The van der Waals surface area contributed by atoms with Crippen molar-refractivity contribution in [3.8, 4) is 0 Å². The van der Waals surface area contributed by atoms with Crippen molar-refractivity contribution in [1.29, 1.82) is 0 Å². The minimum Gasteiger partial charge on any atom is -0.380 e. The summed E-state index contributed by atoms with van der Waals surface area (Å²) in [5, 5.41) is 3.76. The average molecular weight is 240 g/mol. The van der Waals surface area contributed by atoms with Crippen LogP contribution in [0.5, 0.6) is 0 Å². The Labute approximate surface area is 106 Å². The van der Waals surface area contributed by atoms with Crippen LogP contribution >= 0.6 is 0 Å². The lowest BCUT2D eigenvalue weighted by Gasteiger charge is -2.39. The van der Waals surface area contributed by atoms with Gasteiger partial charge in [0, 0.05) is 18.0 Å². The van der Waals surface area contributed by atoms with Crippen molar-refractivity contribution in [2.24, 2.45) is 5.41 Å². The Balaban J connectivity index is 1.67. The molecule has 3 nitrogen and oxygen atoms in total. The Hall–Kier alpha value is -0.120. The number of ether oxygens (including phenoxy) is 1. The molecule has 0 spiro atoms. The van der Waals surface area contributed by atoms with Gasteiger partial charge in [0.15, 0.2) is 0 Å². The van der Waals surface area contributed by atoms with Gasteiger partial charge < -0.3 is 15.0 Å². The fourth-order valence-electron chi connectivity index (χ4n) is 2.84. The zero-order valence-electron chi connectivity index (χ0n) is 11.5. The number of rotatable bonds is 5. The van der Waals surface area contributed by atoms with E-state index in [-0.39, 0.29) is 0 Å². The first-order valence-corrected chi connectivity index (χ1v) is 7.25. The Morgan fingerprint density at radius 1 is 1.29 bits per heavy atom. The van der Waals surface area contributed by atoms with Crippen molar-refractivity contribution in [1.82, 2.24) is 10.2 Å². The van der Waals surface area contributed by atoms with E-state index in [0.29, 0.717) is 5.41 Å². The zero-order valence-corrected chi connectivity index (χ0v) is 11.5. The molecule has 17 heavy (non-hydrogen) atoms. The van der Waals surface area contributed by atoms with Crippen LogP contribution in [0.2, 0.25) is 0 Å². The van der Waals surface area contributed by atoms with E-state index in [1.54, 1.807) is 0 Å². The Morgan fingerprint density at radius 2 is 2.12 bits per heavy atom. The highest BCUT2D eigenvalue weighted by Crippen LogP contribution is 2.25. The summed E-state index contributed by atoms with van der Waals surface area (Å²) in [6.45, 7) is 11.5. The minimum atomic E-state index is 0.412. The van der Waals surface area contributed by atoms with Crippen molar-refractivity contribution in [2.75, 3.05) is 39.4 Å². The Kier molecular flexibility index (Phi) is 4.83. The quantitative estimate of drug-likeness (QED) is 0.794. The molecular weight excluding hydrogens is 212 g/mol. The van der Waals surface area contributed by atoms with Gasteiger partial charge in [-0.15, -0.1) is 0 Å². The fourth-order valence-corrected chi connectivity index (χ4v) is 2.84. The predicted octanol–water partition coefficient (Wildman–Crippen LogP) is 1.88. The molecule has 0 saturated carbocycles. The molecule has 2 aliphatic heterocycles. The molecule has 0 aromatic carbocycles. The highest BCUT2D eigenvalue weighted by molar-refractivity contribution is 4.85. The van der Waals surface area contributed by atoms with E-state index in [1.807, 2.05) is 0 Å². The SMILES string of the molecule is CCCN1CCCC(NCC2(C)COC2)CC1. The highest BCUT2D eigenvalue weighted by Gasteiger charge is 2.33. The van der Waals surface area contributed by atoms with Crippen LogP contribution in [-0.2, 0) is 4.74 Å². The van der Waals surface area contributed by atoms with E-state index in [4.69, 9.17) is 4.74 Å². The van der Waals surface area contributed by atoms with Crippen LogP contribution in [0.1, 0.15) is 39.5 Å². The third-order valence-electron chi connectivity index (χ3n) is 4.08. The first kappa shape index (κ1) is 13.3. The largest absolute Gasteiger partial charge is 0.380 e. The predicted molar refractivity (Wildman–Crippen MR) is 71.3 cm³/mol. The summed E-state index contributed by atoms with van der Waals surface area (Å²) < 4.78 is 5.30. The molecule has 2 fully saturated rings. The van der Waals surface area contributed by atoms with Crippen molar-refractivity contribution in [3.63, 3.8) is 0 Å². The van der Waals surface area contributed by atoms with Crippen molar-refractivity contribution < 1.29 is 4.74 Å². The van der Waals surface area contributed by atoms with E-state index in [9.17, 15) is 0 Å². The van der Waals surface area contributed by atoms with E-state index in [1.165, 1.54) is 45.3 Å². The molecule has 0 aromatic rings. The minimum absolute atomic E-state index is 0.412. The third-order valence-corrected chi connectivity index (χ3v) is 4.08. The van der Waals surface area contributed by atoms with Gasteiger partial charge in [-0.2, -0.15) is 0 Å². The van der Waals surface area contributed by atoms with Gasteiger partial charge in [0.1, 0.15) is 0 Å². The highest BCUT2D eigenvalue weighted by atomic mass is 16.5. The van der Waals surface area contributed by atoms with Gasteiger partial charge in [-0.25, -0.2) is 0 Å². The van der Waals surface area contributed by atoms with Crippen LogP contribution in [0.25, 0.3) is 0 Å². The van der Waals surface area contributed by atoms with E-state index < -0.39 is 0 Å². The summed E-state index contributed by atoms with van der Waals surface area (Å²) in [7, 11) is 0. The second-order valence-corrected chi connectivity index (χ2v) is 6.15. The molecule has 1 atom stereocenters. The van der Waals surface area contributed by atoms with Gasteiger partial charge in [-0.05, 0) is 45.3 Å². The van der Waals surface area contributed by atoms with Gasteiger partial charge in [0.25, 0.3) is 0 Å². The summed E-state index contributed by atoms with van der Waals surface area (Å²) in [6, 6.07) is 0.731. The average Bonchev–Trinajstić information content (AvgIpc) is 2.50. The third kappa shape index (κ3) is 3.94. The van der Waals surface area contributed by atoms with Crippen LogP contribution in [-0.4, -0.2) is 50.3 Å². The molecule has 2 heterocycles. The molecule has 0 aliphatic carbocycles. The summed E-state index contributed by atoms with van der Waals surface area (Å²) in [5.74, 6) is 0. The van der Waals surface area contributed by atoms with Crippen LogP contribution in [0, 0.1) is 5.41 Å². The number of nitrogens with one attached hydrogen (secondary N) is 1. The second-order valence-electron chi connectivity index (χ2n) is 6.15. The lowest BCUT2D eigenvalue weighted by atomic mass is 9.88. The van der Waals surface area contributed by atoms with Gasteiger partial charge in [-0.1, -0.05) is 13.8 Å². The lowest BCUT2D eigenvalue weighted by molar-refractivity contribution is -0.100. The van der Waals surface area contributed by atoms with Crippen LogP contribution in [0.4, 0.5) is 0 Å². The maximum Gasteiger partial charge on any atom is 0.0554 e. The molecule has 0 aromatic heterocycles. The molecular formula is C14H28N2O. The first-order chi connectivity index (χ1) is 8.22. The summed E-state index contributed by atoms with van der Waals surface area (Å²) in [6.07, 6.45) is 5.30. The van der Waals surface area contributed by atoms with Gasteiger partial charge in [0.05, 0.1) is 13.2 Å². The van der Waals surface area contributed by atoms with Gasteiger partial charge >= 0.3 is 0 Å². The molecule has 3 heteroatoms. The Morgan fingerprint density at radius 3 is 2.76 bits per heavy atom. The van der Waals surface area contributed by atoms with Crippen LogP contribution in [0.3, 0.4) is 0 Å². The molecule has 0 bridgehead atoms. The van der Waals surface area contributed by atoms with Crippen LogP contribution < -0.4 is 5.32 Å². The smallest absolute Gasteiger partial charge is 0.0554 e. The molecule has 1 unspecified atom stereocenters. The van der Waals surface area contributed by atoms with Crippen molar-refractivity contribution >= 4 is 0 Å². The number of likely N-dealkylation sites (tertiary alicyclic amines) is 1. The van der Waals surface area contributed by atoms with E-state index >= 15 is 0 Å². The second kappa shape index (κ2) is 6.17. The maximum absolute atomic E-state index is 5.30. The number of hydrogen-bond donors (Lipinski definition) is 1. The summed E-state index contributed by atoms with van der Waals surface area (Å²) in [5.41, 5.74) is 0.412. The number of hydrogen-bond acceptors (Lipinski definition) is 3. The molecule has 2 rings (SSSR count). The lowest BCUT2D eigenvalue weighted by Crippen LogP contribution is -2.49. The first-order valence-electron chi connectivity index (χ1n) is 7.25. The molecule has 2 saturated heterocycles. The maximum atomic E-state index is 5.30. The zero-order chi connectivity index (χ0) is 12.1. The molecule has 0 amide bonds. The molecule has 2 aliphatic rings. The number of nitrogens with zero attached hydrogens (tertiary/aromatic N) is 1. The van der Waals surface area contributed by atoms with E-state index in [2.05, 4.69) is 24.1 Å². The van der Waals surface area contributed by atoms with Crippen LogP contribution in [0.15, 0.2) is 0 Å². The standard InChI is InChI=1S/C14H28N2O/c1-3-7-16-8-4-5-13(6-9-16)15-10-14(2)11-17-12-14/h13,15H,3-12H2,1-2H3. The topological polar surface area (TPSA) is 24.5 Å². The summed E-state index contributed by atoms with van der Waals surface area (Å²) >= 11 is 0. The van der Waals surface area contributed by atoms with Crippen molar-refractivity contribution in [3.05, 3.63) is 0 Å². The molecule has 100 valence electrons. The van der Waals surface area contributed by atoms with Crippen molar-refractivity contribution in [2.45, 2.75) is 45.6 Å². The van der Waals surface area contributed by atoms with Gasteiger partial charge in [0.2, 0.25) is 0 Å². The van der Waals surface area contributed by atoms with Gasteiger partial charge in [-0.3, -0.25) is 0 Å². The fraction of sp³-hybridized carbons (Fsp3) is 1.00. The van der Waals surface area contributed by atoms with E-state index in [0.717, 1.165) is 25.8 Å². The normalized spacial score (nSPS) is 29.6. The summed E-state index contributed by atoms with van der Waals surface area (Å²) in [4.78, 5) is 2.62.